The number of hydrogen-bond donors (Lipinski definition) is 2. The summed E-state index contributed by atoms with van der Waals surface area (Å²) in [5.74, 6) is 0.778. The number of morpholine rings is 1. The lowest BCUT2D eigenvalue weighted by molar-refractivity contribution is 0.0130. The molecule has 2 heterocycles. The van der Waals surface area contributed by atoms with E-state index in [9.17, 15) is 9.59 Å². The third-order valence-corrected chi connectivity index (χ3v) is 5.23. The van der Waals surface area contributed by atoms with E-state index in [1.54, 1.807) is 48.3 Å². The van der Waals surface area contributed by atoms with E-state index >= 15 is 0 Å². The second-order valence-corrected chi connectivity index (χ2v) is 8.03. The molecule has 1 atom stereocenters. The van der Waals surface area contributed by atoms with Gasteiger partial charge in [0.25, 0.3) is 0 Å². The number of nitrogens with zero attached hydrogens (tertiary/aromatic N) is 3. The van der Waals surface area contributed by atoms with Gasteiger partial charge < -0.3 is 19.9 Å². The number of ether oxygens (including phenoxy) is 1. The predicted octanol–water partition coefficient (Wildman–Crippen LogP) is 2.52. The van der Waals surface area contributed by atoms with Gasteiger partial charge in [-0.2, -0.15) is 0 Å². The molecule has 0 radical (unpaired) electrons. The monoisotopic (exact) mass is 413 g/mol. The number of ketones is 1. The molecule has 1 aromatic carbocycles. The van der Waals surface area contributed by atoms with Crippen LogP contribution in [0.5, 0.6) is 0 Å². The first-order valence-electron chi connectivity index (χ1n) is 10.4. The van der Waals surface area contributed by atoms with Crippen molar-refractivity contribution in [2.75, 3.05) is 38.2 Å². The third kappa shape index (κ3) is 5.90. The van der Waals surface area contributed by atoms with Crippen molar-refractivity contribution in [1.82, 2.24) is 19.8 Å². The second kappa shape index (κ2) is 10.4. The number of nitrogens with one attached hydrogen (secondary N) is 2. The maximum atomic E-state index is 12.5. The minimum absolute atomic E-state index is 0.152. The van der Waals surface area contributed by atoms with Gasteiger partial charge in [-0.15, -0.1) is 0 Å². The van der Waals surface area contributed by atoms with E-state index in [-0.39, 0.29) is 17.9 Å². The van der Waals surface area contributed by atoms with Gasteiger partial charge in [-0.3, -0.25) is 9.69 Å². The molecular weight excluding hydrogens is 382 g/mol. The molecule has 2 amide bonds. The molecule has 1 fully saturated rings. The lowest BCUT2D eigenvalue weighted by Gasteiger charge is -2.35. The number of amides is 2. The van der Waals surface area contributed by atoms with Crippen molar-refractivity contribution in [3.05, 3.63) is 48.0 Å². The highest BCUT2D eigenvalue weighted by Gasteiger charge is 2.22. The van der Waals surface area contributed by atoms with E-state index in [4.69, 9.17) is 4.74 Å². The van der Waals surface area contributed by atoms with Crippen LogP contribution in [-0.2, 0) is 11.8 Å². The maximum Gasteiger partial charge on any atom is 0.319 e. The molecule has 0 saturated carbocycles. The molecule has 0 unspecified atom stereocenters. The molecule has 1 aromatic heterocycles. The topological polar surface area (TPSA) is 88.5 Å². The van der Waals surface area contributed by atoms with Crippen molar-refractivity contribution < 1.29 is 14.3 Å². The van der Waals surface area contributed by atoms with E-state index in [2.05, 4.69) is 34.4 Å². The van der Waals surface area contributed by atoms with Crippen molar-refractivity contribution in [1.29, 1.82) is 0 Å². The number of aromatic nitrogens is 2. The van der Waals surface area contributed by atoms with Crippen LogP contribution < -0.4 is 10.6 Å². The highest BCUT2D eigenvalue weighted by molar-refractivity contribution is 6.07. The van der Waals surface area contributed by atoms with Crippen LogP contribution in [0.3, 0.4) is 0 Å². The van der Waals surface area contributed by atoms with Gasteiger partial charge in [-0.1, -0.05) is 13.8 Å². The van der Waals surface area contributed by atoms with Crippen molar-refractivity contribution in [3.63, 3.8) is 0 Å². The van der Waals surface area contributed by atoms with E-state index < -0.39 is 0 Å². The van der Waals surface area contributed by atoms with Gasteiger partial charge in [0.1, 0.15) is 0 Å². The van der Waals surface area contributed by atoms with Crippen molar-refractivity contribution in [3.8, 4) is 0 Å². The largest absolute Gasteiger partial charge is 0.379 e. The minimum atomic E-state index is -0.250. The standard InChI is InChI=1S/C22H31N5O3/c1-16(2)14-19(27-10-12-30-13-11-27)15-24-22(29)25-18-6-4-17(5-7-18)20(28)21-23-8-9-26(21)3/h4-9,16,19H,10-15H2,1-3H3,(H2,24,25,29)/t19-/m1/s1. The summed E-state index contributed by atoms with van der Waals surface area (Å²) in [5, 5.41) is 5.83. The highest BCUT2D eigenvalue weighted by atomic mass is 16.5. The summed E-state index contributed by atoms with van der Waals surface area (Å²) in [5.41, 5.74) is 1.16. The van der Waals surface area contributed by atoms with Crippen molar-refractivity contribution in [2.24, 2.45) is 13.0 Å². The fourth-order valence-corrected chi connectivity index (χ4v) is 3.65. The Morgan fingerprint density at radius 1 is 1.17 bits per heavy atom. The Morgan fingerprint density at radius 3 is 2.47 bits per heavy atom. The average molecular weight is 414 g/mol. The van der Waals surface area contributed by atoms with Crippen LogP contribution in [0.1, 0.15) is 36.5 Å². The number of carbonyl (C=O) groups is 2. The summed E-state index contributed by atoms with van der Waals surface area (Å²) >= 11 is 0. The number of urea groups is 1. The summed E-state index contributed by atoms with van der Waals surface area (Å²) < 4.78 is 7.13. The van der Waals surface area contributed by atoms with Gasteiger partial charge in [0.05, 0.1) is 13.2 Å². The quantitative estimate of drug-likeness (QED) is 0.649. The Labute approximate surface area is 177 Å². The molecule has 162 valence electrons. The van der Waals surface area contributed by atoms with E-state index in [0.29, 0.717) is 29.5 Å². The molecule has 1 aliphatic rings. The van der Waals surface area contributed by atoms with Crippen LogP contribution in [0.15, 0.2) is 36.7 Å². The summed E-state index contributed by atoms with van der Waals surface area (Å²) in [6, 6.07) is 6.88. The number of carbonyl (C=O) groups excluding carboxylic acids is 2. The van der Waals surface area contributed by atoms with Gasteiger partial charge in [-0.25, -0.2) is 9.78 Å². The number of benzene rings is 1. The van der Waals surface area contributed by atoms with Crippen LogP contribution in [-0.4, -0.2) is 65.2 Å². The first kappa shape index (κ1) is 22.0. The number of imidazole rings is 1. The van der Waals surface area contributed by atoms with Gasteiger partial charge in [0, 0.05) is 56.4 Å². The maximum absolute atomic E-state index is 12.5. The molecule has 0 bridgehead atoms. The highest BCUT2D eigenvalue weighted by Crippen LogP contribution is 2.14. The molecule has 0 aliphatic carbocycles. The Balaban J connectivity index is 1.53. The molecule has 2 N–H and O–H groups in total. The Bertz CT molecular complexity index is 841. The summed E-state index contributed by atoms with van der Waals surface area (Å²) in [6.07, 6.45) is 4.35. The molecule has 2 aromatic rings. The van der Waals surface area contributed by atoms with E-state index in [1.807, 2.05) is 0 Å². The molecule has 1 saturated heterocycles. The smallest absolute Gasteiger partial charge is 0.319 e. The number of rotatable bonds is 8. The Morgan fingerprint density at radius 2 is 1.87 bits per heavy atom. The van der Waals surface area contributed by atoms with Gasteiger partial charge in [-0.05, 0) is 36.6 Å². The van der Waals surface area contributed by atoms with Gasteiger partial charge in [0.2, 0.25) is 5.78 Å². The first-order valence-corrected chi connectivity index (χ1v) is 10.4. The van der Waals surface area contributed by atoms with Crippen LogP contribution in [0.25, 0.3) is 0 Å². The third-order valence-electron chi connectivity index (χ3n) is 5.23. The lowest BCUT2D eigenvalue weighted by Crippen LogP contribution is -2.49. The van der Waals surface area contributed by atoms with E-state index in [1.165, 1.54) is 0 Å². The number of hydrogen-bond acceptors (Lipinski definition) is 5. The Kier molecular flexibility index (Phi) is 7.59. The average Bonchev–Trinajstić information content (AvgIpc) is 3.17. The number of aryl methyl sites for hydroxylation is 1. The summed E-state index contributed by atoms with van der Waals surface area (Å²) in [7, 11) is 1.78. The normalized spacial score (nSPS) is 15.7. The SMILES string of the molecule is CC(C)C[C@H](CNC(=O)Nc1ccc(C(=O)c2nccn2C)cc1)N1CCOCC1. The summed E-state index contributed by atoms with van der Waals surface area (Å²) in [6.45, 7) is 8.25. The zero-order valence-electron chi connectivity index (χ0n) is 17.9. The summed E-state index contributed by atoms with van der Waals surface area (Å²) in [4.78, 5) is 31.3. The number of anilines is 1. The van der Waals surface area contributed by atoms with Crippen LogP contribution in [0.4, 0.5) is 10.5 Å². The lowest BCUT2D eigenvalue weighted by atomic mass is 10.0. The van der Waals surface area contributed by atoms with Crippen LogP contribution in [0, 0.1) is 5.92 Å². The molecule has 30 heavy (non-hydrogen) atoms. The minimum Gasteiger partial charge on any atom is -0.379 e. The molecule has 1 aliphatic heterocycles. The molecule has 8 heteroatoms. The Hall–Kier alpha value is -2.71. The van der Waals surface area contributed by atoms with Crippen molar-refractivity contribution in [2.45, 2.75) is 26.3 Å². The fraction of sp³-hybridized carbons (Fsp3) is 0.500. The van der Waals surface area contributed by atoms with E-state index in [0.717, 1.165) is 32.7 Å². The second-order valence-electron chi connectivity index (χ2n) is 8.03. The van der Waals surface area contributed by atoms with Crippen LogP contribution >= 0.6 is 0 Å². The molecule has 0 spiro atoms. The molecule has 3 rings (SSSR count). The predicted molar refractivity (Wildman–Crippen MR) is 116 cm³/mol. The fourth-order valence-electron chi connectivity index (χ4n) is 3.65. The molecule has 8 nitrogen and oxygen atoms in total. The van der Waals surface area contributed by atoms with Gasteiger partial charge >= 0.3 is 6.03 Å². The first-order chi connectivity index (χ1) is 14.4. The zero-order chi connectivity index (χ0) is 21.5. The van der Waals surface area contributed by atoms with Crippen LogP contribution in [0.2, 0.25) is 0 Å². The zero-order valence-corrected chi connectivity index (χ0v) is 17.9. The molecular formula is C22H31N5O3. The van der Waals surface area contributed by atoms with Crippen molar-refractivity contribution >= 4 is 17.5 Å². The van der Waals surface area contributed by atoms with Gasteiger partial charge in [0.15, 0.2) is 5.82 Å².